The number of nitrogens with zero attached hydrogens (tertiary/aromatic N) is 5. The van der Waals surface area contributed by atoms with Gasteiger partial charge in [0.05, 0.1) is 18.9 Å². The van der Waals surface area contributed by atoms with Gasteiger partial charge in [0.15, 0.2) is 0 Å². The quantitative estimate of drug-likeness (QED) is 0.718. The monoisotopic (exact) mass is 349 g/mol. The molecule has 0 aliphatic carbocycles. The van der Waals surface area contributed by atoms with Crippen molar-refractivity contribution < 1.29 is 9.53 Å². The van der Waals surface area contributed by atoms with Crippen molar-refractivity contribution in [3.63, 3.8) is 0 Å². The van der Waals surface area contributed by atoms with Crippen molar-refractivity contribution in [2.45, 2.75) is 6.92 Å². The highest BCUT2D eigenvalue weighted by atomic mass is 32.1. The molecule has 0 aromatic carbocycles. The van der Waals surface area contributed by atoms with E-state index in [0.717, 1.165) is 36.3 Å². The standard InChI is InChI=1S/C14H19N7O2S/c1-10-13(24-20-19-10)14(22)16-3-2-15-11-8-12(18-9-17-11)21-4-6-23-7-5-21/h8-9H,2-7H2,1H3,(H,16,22)(H,15,17,18). The summed E-state index contributed by atoms with van der Waals surface area (Å²) >= 11 is 1.10. The Labute approximate surface area is 143 Å². The second-order valence-corrected chi connectivity index (χ2v) is 5.99. The summed E-state index contributed by atoms with van der Waals surface area (Å²) in [6.07, 6.45) is 1.54. The van der Waals surface area contributed by atoms with E-state index in [1.54, 1.807) is 6.92 Å². The van der Waals surface area contributed by atoms with Crippen LogP contribution in [-0.2, 0) is 4.74 Å². The molecule has 0 unspecified atom stereocenters. The molecule has 10 heteroatoms. The molecule has 2 N–H and O–H groups in total. The third-order valence-electron chi connectivity index (χ3n) is 3.56. The Kier molecular flexibility index (Phi) is 5.49. The van der Waals surface area contributed by atoms with Crippen molar-refractivity contribution in [1.29, 1.82) is 0 Å². The van der Waals surface area contributed by atoms with E-state index < -0.39 is 0 Å². The highest BCUT2D eigenvalue weighted by molar-refractivity contribution is 7.07. The maximum atomic E-state index is 11.9. The lowest BCUT2D eigenvalue weighted by atomic mass is 10.3. The smallest absolute Gasteiger partial charge is 0.265 e. The van der Waals surface area contributed by atoms with Crippen LogP contribution in [0.4, 0.5) is 11.6 Å². The van der Waals surface area contributed by atoms with Gasteiger partial charge < -0.3 is 20.3 Å². The fourth-order valence-corrected chi connectivity index (χ4v) is 2.87. The van der Waals surface area contributed by atoms with Crippen LogP contribution in [0.25, 0.3) is 0 Å². The van der Waals surface area contributed by atoms with Crippen molar-refractivity contribution in [3.05, 3.63) is 23.0 Å². The molecule has 1 saturated heterocycles. The molecule has 0 saturated carbocycles. The van der Waals surface area contributed by atoms with Crippen LogP contribution in [0.5, 0.6) is 0 Å². The van der Waals surface area contributed by atoms with Crippen LogP contribution in [0.2, 0.25) is 0 Å². The highest BCUT2D eigenvalue weighted by Crippen LogP contribution is 2.15. The first kappa shape index (κ1) is 16.5. The Morgan fingerprint density at radius 2 is 2.17 bits per heavy atom. The van der Waals surface area contributed by atoms with E-state index in [4.69, 9.17) is 4.74 Å². The van der Waals surface area contributed by atoms with Gasteiger partial charge in [0, 0.05) is 32.2 Å². The maximum Gasteiger partial charge on any atom is 0.265 e. The average Bonchev–Trinajstić information content (AvgIpc) is 3.06. The van der Waals surface area contributed by atoms with E-state index in [2.05, 4.69) is 35.1 Å². The van der Waals surface area contributed by atoms with Crippen LogP contribution in [0.3, 0.4) is 0 Å². The lowest BCUT2D eigenvalue weighted by molar-refractivity contribution is 0.0958. The number of hydrogen-bond donors (Lipinski definition) is 2. The van der Waals surface area contributed by atoms with E-state index in [0.29, 0.717) is 36.9 Å². The second-order valence-electron chi connectivity index (χ2n) is 5.23. The lowest BCUT2D eigenvalue weighted by Crippen LogP contribution is -2.36. The summed E-state index contributed by atoms with van der Waals surface area (Å²) in [6.45, 7) is 5.90. The topological polar surface area (TPSA) is 105 Å². The van der Waals surface area contributed by atoms with Gasteiger partial charge in [-0.05, 0) is 18.5 Å². The number of morpholine rings is 1. The predicted molar refractivity (Wildman–Crippen MR) is 90.5 cm³/mol. The van der Waals surface area contributed by atoms with Crippen LogP contribution in [0.15, 0.2) is 12.4 Å². The van der Waals surface area contributed by atoms with Gasteiger partial charge >= 0.3 is 0 Å². The van der Waals surface area contributed by atoms with Crippen LogP contribution in [0, 0.1) is 6.92 Å². The summed E-state index contributed by atoms with van der Waals surface area (Å²) in [5, 5.41) is 9.85. The molecule has 9 nitrogen and oxygen atoms in total. The zero-order valence-electron chi connectivity index (χ0n) is 13.4. The number of carbonyl (C=O) groups is 1. The number of aromatic nitrogens is 4. The number of nitrogens with one attached hydrogen (secondary N) is 2. The molecule has 1 aliphatic heterocycles. The van der Waals surface area contributed by atoms with Crippen molar-refractivity contribution >= 4 is 29.1 Å². The van der Waals surface area contributed by atoms with Gasteiger partial charge in [-0.3, -0.25) is 4.79 Å². The molecule has 0 atom stereocenters. The minimum atomic E-state index is -0.152. The SMILES string of the molecule is Cc1nnsc1C(=O)NCCNc1cc(N2CCOCC2)ncn1. The number of carbonyl (C=O) groups excluding carboxylic acids is 1. The van der Waals surface area contributed by atoms with Gasteiger partial charge in [0.1, 0.15) is 22.8 Å². The van der Waals surface area contributed by atoms with Gasteiger partial charge in [0.2, 0.25) is 0 Å². The van der Waals surface area contributed by atoms with E-state index >= 15 is 0 Å². The van der Waals surface area contributed by atoms with Crippen molar-refractivity contribution in [3.8, 4) is 0 Å². The Morgan fingerprint density at radius 1 is 1.33 bits per heavy atom. The van der Waals surface area contributed by atoms with Gasteiger partial charge in [-0.1, -0.05) is 4.49 Å². The summed E-state index contributed by atoms with van der Waals surface area (Å²) in [5.41, 5.74) is 0.649. The number of rotatable bonds is 6. The van der Waals surface area contributed by atoms with Gasteiger partial charge in [-0.25, -0.2) is 9.97 Å². The third kappa shape index (κ3) is 4.15. The Balaban J connectivity index is 1.46. The second kappa shape index (κ2) is 7.97. The summed E-state index contributed by atoms with van der Waals surface area (Å²) in [5.74, 6) is 1.46. The van der Waals surface area contributed by atoms with Crippen LogP contribution < -0.4 is 15.5 Å². The Morgan fingerprint density at radius 3 is 2.92 bits per heavy atom. The molecule has 2 aromatic heterocycles. The van der Waals surface area contributed by atoms with E-state index in [-0.39, 0.29) is 5.91 Å². The van der Waals surface area contributed by atoms with Crippen LogP contribution >= 0.6 is 11.5 Å². The third-order valence-corrected chi connectivity index (χ3v) is 4.39. The molecule has 1 aliphatic rings. The number of amides is 1. The largest absolute Gasteiger partial charge is 0.378 e. The lowest BCUT2D eigenvalue weighted by Gasteiger charge is -2.27. The molecule has 0 bridgehead atoms. The molecular weight excluding hydrogens is 330 g/mol. The normalized spacial score (nSPS) is 14.5. The first-order valence-corrected chi connectivity index (χ1v) is 8.47. The Bertz CT molecular complexity index is 687. The van der Waals surface area contributed by atoms with E-state index in [1.165, 1.54) is 6.33 Å². The fourth-order valence-electron chi connectivity index (χ4n) is 2.30. The minimum absolute atomic E-state index is 0.152. The molecule has 1 fully saturated rings. The molecule has 1 amide bonds. The van der Waals surface area contributed by atoms with Gasteiger partial charge in [-0.15, -0.1) is 5.10 Å². The molecule has 0 spiro atoms. The van der Waals surface area contributed by atoms with Crippen molar-refractivity contribution in [1.82, 2.24) is 24.9 Å². The van der Waals surface area contributed by atoms with Gasteiger partial charge in [-0.2, -0.15) is 0 Å². The number of ether oxygens (including phenoxy) is 1. The molecule has 3 rings (SSSR count). The summed E-state index contributed by atoms with van der Waals surface area (Å²) < 4.78 is 9.10. The first-order valence-electron chi connectivity index (χ1n) is 7.70. The zero-order chi connectivity index (χ0) is 16.8. The minimum Gasteiger partial charge on any atom is -0.378 e. The fraction of sp³-hybridized carbons (Fsp3) is 0.500. The van der Waals surface area contributed by atoms with Gasteiger partial charge in [0.25, 0.3) is 5.91 Å². The molecule has 24 heavy (non-hydrogen) atoms. The summed E-state index contributed by atoms with van der Waals surface area (Å²) in [6, 6.07) is 1.91. The number of aryl methyl sites for hydroxylation is 1. The maximum absolute atomic E-state index is 11.9. The molecule has 128 valence electrons. The van der Waals surface area contributed by atoms with Crippen LogP contribution in [-0.4, -0.2) is 64.9 Å². The van der Waals surface area contributed by atoms with Crippen molar-refractivity contribution in [2.75, 3.05) is 49.6 Å². The highest BCUT2D eigenvalue weighted by Gasteiger charge is 2.14. The van der Waals surface area contributed by atoms with Crippen LogP contribution in [0.1, 0.15) is 15.4 Å². The summed E-state index contributed by atoms with van der Waals surface area (Å²) in [7, 11) is 0. The number of anilines is 2. The summed E-state index contributed by atoms with van der Waals surface area (Å²) in [4.78, 5) is 23.2. The Hall–Kier alpha value is -2.33. The average molecular weight is 349 g/mol. The molecule has 2 aromatic rings. The van der Waals surface area contributed by atoms with Crippen molar-refractivity contribution in [2.24, 2.45) is 0 Å². The molecular formula is C14H19N7O2S. The number of hydrogen-bond acceptors (Lipinski definition) is 9. The van der Waals surface area contributed by atoms with E-state index in [9.17, 15) is 4.79 Å². The molecule has 0 radical (unpaired) electrons. The predicted octanol–water partition coefficient (Wildman–Crippen LogP) is 0.315. The first-order chi connectivity index (χ1) is 11.7. The molecule has 3 heterocycles. The van der Waals surface area contributed by atoms with E-state index in [1.807, 2.05) is 6.07 Å². The zero-order valence-corrected chi connectivity index (χ0v) is 14.2.